The topological polar surface area (TPSA) is 84.5 Å². The molecule has 180 valence electrons. The van der Waals surface area contributed by atoms with Gasteiger partial charge in [0.2, 0.25) is 0 Å². The standard InChI is InChI=1S/C27H32N2O4S/c1-7-23(21-11-13-25(33-6)20(5)15-21)28-27(30)22-10-9-18(3)26(16-22)34(31,32)29-24-12-8-17(2)14-19(24)4/h8-16,23,29H,7H2,1-6H3,(H,28,30)/t23-/m0/s1. The van der Waals surface area contributed by atoms with Gasteiger partial charge >= 0.3 is 0 Å². The van der Waals surface area contributed by atoms with Crippen molar-refractivity contribution in [1.29, 1.82) is 0 Å². The first kappa shape index (κ1) is 25.3. The SMILES string of the molecule is CC[C@H](NC(=O)c1ccc(C)c(S(=O)(=O)Nc2ccc(C)cc2C)c1)c1ccc(OC)c(C)c1. The zero-order valence-corrected chi connectivity index (χ0v) is 21.3. The van der Waals surface area contributed by atoms with Crippen molar-refractivity contribution in [3.8, 4) is 5.75 Å². The van der Waals surface area contributed by atoms with E-state index in [0.717, 1.165) is 28.0 Å². The summed E-state index contributed by atoms with van der Waals surface area (Å²) in [7, 11) is -2.25. The molecule has 0 heterocycles. The zero-order chi connectivity index (χ0) is 25.0. The highest BCUT2D eigenvalue weighted by Gasteiger charge is 2.21. The first-order chi connectivity index (χ1) is 16.1. The molecule has 0 unspecified atom stereocenters. The predicted molar refractivity (Wildman–Crippen MR) is 136 cm³/mol. The Balaban J connectivity index is 1.86. The quantitative estimate of drug-likeness (QED) is 0.439. The van der Waals surface area contributed by atoms with E-state index in [-0.39, 0.29) is 22.4 Å². The van der Waals surface area contributed by atoms with Crippen LogP contribution in [-0.2, 0) is 10.0 Å². The molecule has 1 atom stereocenters. The largest absolute Gasteiger partial charge is 0.496 e. The maximum absolute atomic E-state index is 13.2. The van der Waals surface area contributed by atoms with E-state index >= 15 is 0 Å². The molecule has 0 radical (unpaired) electrons. The number of methoxy groups -OCH3 is 1. The van der Waals surface area contributed by atoms with Crippen molar-refractivity contribution in [3.05, 3.63) is 88.0 Å². The number of hydrogen-bond acceptors (Lipinski definition) is 4. The zero-order valence-electron chi connectivity index (χ0n) is 20.5. The lowest BCUT2D eigenvalue weighted by molar-refractivity contribution is 0.0935. The molecule has 34 heavy (non-hydrogen) atoms. The highest BCUT2D eigenvalue weighted by molar-refractivity contribution is 7.92. The number of rotatable bonds is 8. The number of sulfonamides is 1. The molecule has 0 saturated carbocycles. The van der Waals surface area contributed by atoms with Gasteiger partial charge in [-0.3, -0.25) is 9.52 Å². The molecule has 0 aromatic heterocycles. The van der Waals surface area contributed by atoms with E-state index in [9.17, 15) is 13.2 Å². The molecule has 0 aliphatic rings. The van der Waals surface area contributed by atoms with Crippen LogP contribution in [0, 0.1) is 27.7 Å². The van der Waals surface area contributed by atoms with Crippen LogP contribution in [0.1, 0.15) is 57.6 Å². The summed E-state index contributed by atoms with van der Waals surface area (Å²) in [6.07, 6.45) is 0.683. The van der Waals surface area contributed by atoms with Gasteiger partial charge in [0.25, 0.3) is 15.9 Å². The van der Waals surface area contributed by atoms with Gasteiger partial charge in [-0.1, -0.05) is 42.8 Å². The molecular weight excluding hydrogens is 448 g/mol. The second-order valence-corrected chi connectivity index (χ2v) is 10.2. The Labute approximate surface area is 202 Å². The minimum atomic E-state index is -3.88. The Morgan fingerprint density at radius 2 is 1.65 bits per heavy atom. The molecule has 3 aromatic rings. The van der Waals surface area contributed by atoms with Crippen molar-refractivity contribution in [1.82, 2.24) is 5.32 Å². The summed E-state index contributed by atoms with van der Waals surface area (Å²) in [5.74, 6) is 0.456. The van der Waals surface area contributed by atoms with E-state index in [2.05, 4.69) is 10.0 Å². The van der Waals surface area contributed by atoms with E-state index in [1.165, 1.54) is 6.07 Å². The van der Waals surface area contributed by atoms with Crippen LogP contribution in [0.3, 0.4) is 0 Å². The minimum absolute atomic E-state index is 0.0773. The van der Waals surface area contributed by atoms with Crippen LogP contribution in [0.2, 0.25) is 0 Å². The number of ether oxygens (including phenoxy) is 1. The van der Waals surface area contributed by atoms with E-state index in [0.29, 0.717) is 17.7 Å². The van der Waals surface area contributed by atoms with E-state index in [1.54, 1.807) is 32.2 Å². The summed E-state index contributed by atoms with van der Waals surface area (Å²) < 4.78 is 34.3. The molecule has 0 spiro atoms. The summed E-state index contributed by atoms with van der Waals surface area (Å²) in [6, 6.07) is 15.8. The second-order valence-electron chi connectivity index (χ2n) is 8.57. The Hall–Kier alpha value is -3.32. The van der Waals surface area contributed by atoms with Crippen molar-refractivity contribution in [2.45, 2.75) is 52.0 Å². The Bertz CT molecular complexity index is 1320. The van der Waals surface area contributed by atoms with Crippen molar-refractivity contribution < 1.29 is 17.9 Å². The molecule has 3 aromatic carbocycles. The van der Waals surface area contributed by atoms with Gasteiger partial charge < -0.3 is 10.1 Å². The van der Waals surface area contributed by atoms with Crippen LogP contribution in [-0.4, -0.2) is 21.4 Å². The van der Waals surface area contributed by atoms with Gasteiger partial charge in [-0.25, -0.2) is 8.42 Å². The van der Waals surface area contributed by atoms with Crippen LogP contribution in [0.4, 0.5) is 5.69 Å². The number of nitrogens with one attached hydrogen (secondary N) is 2. The van der Waals surface area contributed by atoms with Crippen LogP contribution < -0.4 is 14.8 Å². The molecular formula is C27H32N2O4S. The van der Waals surface area contributed by atoms with Gasteiger partial charge in [0, 0.05) is 5.56 Å². The molecule has 0 fully saturated rings. The maximum atomic E-state index is 13.2. The summed E-state index contributed by atoms with van der Waals surface area (Å²) in [4.78, 5) is 13.2. The molecule has 6 nitrogen and oxygen atoms in total. The third kappa shape index (κ3) is 5.59. The van der Waals surface area contributed by atoms with Gasteiger partial charge in [0.15, 0.2) is 0 Å². The first-order valence-electron chi connectivity index (χ1n) is 11.2. The van der Waals surface area contributed by atoms with Crippen molar-refractivity contribution in [2.75, 3.05) is 11.8 Å². The maximum Gasteiger partial charge on any atom is 0.262 e. The van der Waals surface area contributed by atoms with Gasteiger partial charge in [0.05, 0.1) is 23.7 Å². The lowest BCUT2D eigenvalue weighted by Gasteiger charge is -2.19. The Morgan fingerprint density at radius 3 is 2.26 bits per heavy atom. The van der Waals surface area contributed by atoms with Crippen molar-refractivity contribution in [3.63, 3.8) is 0 Å². The van der Waals surface area contributed by atoms with Crippen LogP contribution in [0.15, 0.2) is 59.5 Å². The van der Waals surface area contributed by atoms with Crippen LogP contribution in [0.25, 0.3) is 0 Å². The second kappa shape index (κ2) is 10.3. The Morgan fingerprint density at radius 1 is 0.912 bits per heavy atom. The summed E-state index contributed by atoms with van der Waals surface area (Å²) in [5, 5.41) is 3.03. The third-order valence-corrected chi connectivity index (χ3v) is 7.41. The number of carbonyl (C=O) groups is 1. The molecule has 2 N–H and O–H groups in total. The average Bonchev–Trinajstić information content (AvgIpc) is 2.79. The number of hydrogen-bond donors (Lipinski definition) is 2. The highest BCUT2D eigenvalue weighted by Crippen LogP contribution is 2.26. The highest BCUT2D eigenvalue weighted by atomic mass is 32.2. The van der Waals surface area contributed by atoms with Gasteiger partial charge in [-0.2, -0.15) is 0 Å². The number of amides is 1. The van der Waals surface area contributed by atoms with Crippen molar-refractivity contribution in [2.24, 2.45) is 0 Å². The number of anilines is 1. The molecule has 0 bridgehead atoms. The van der Waals surface area contributed by atoms with Crippen molar-refractivity contribution >= 4 is 21.6 Å². The van der Waals surface area contributed by atoms with E-state index < -0.39 is 10.0 Å². The number of carbonyl (C=O) groups excluding carboxylic acids is 1. The predicted octanol–water partition coefficient (Wildman–Crippen LogP) is 5.61. The lowest BCUT2D eigenvalue weighted by Crippen LogP contribution is -2.28. The molecule has 0 aliphatic heterocycles. The molecule has 7 heteroatoms. The Kier molecular flexibility index (Phi) is 7.67. The number of aryl methyl sites for hydroxylation is 4. The smallest absolute Gasteiger partial charge is 0.262 e. The fraction of sp³-hybridized carbons (Fsp3) is 0.296. The number of benzene rings is 3. The summed E-state index contributed by atoms with van der Waals surface area (Å²) >= 11 is 0. The monoisotopic (exact) mass is 480 g/mol. The minimum Gasteiger partial charge on any atom is -0.496 e. The van der Waals surface area contributed by atoms with E-state index in [1.807, 2.05) is 58.0 Å². The van der Waals surface area contributed by atoms with Crippen LogP contribution >= 0.6 is 0 Å². The fourth-order valence-electron chi connectivity index (χ4n) is 3.94. The first-order valence-corrected chi connectivity index (χ1v) is 12.7. The third-order valence-electron chi connectivity index (χ3n) is 5.90. The fourth-order valence-corrected chi connectivity index (χ4v) is 5.34. The normalized spacial score (nSPS) is 12.2. The van der Waals surface area contributed by atoms with E-state index in [4.69, 9.17) is 4.74 Å². The molecule has 1 amide bonds. The van der Waals surface area contributed by atoms with Gasteiger partial charge in [0.1, 0.15) is 5.75 Å². The molecule has 0 aliphatic carbocycles. The van der Waals surface area contributed by atoms with Gasteiger partial charge in [-0.05, 0) is 80.6 Å². The van der Waals surface area contributed by atoms with Gasteiger partial charge in [-0.15, -0.1) is 0 Å². The molecule has 0 saturated heterocycles. The average molecular weight is 481 g/mol. The summed E-state index contributed by atoms with van der Waals surface area (Å²) in [5.41, 5.74) is 5.19. The lowest BCUT2D eigenvalue weighted by atomic mass is 10.0. The molecule has 3 rings (SSSR count). The summed E-state index contributed by atoms with van der Waals surface area (Å²) in [6.45, 7) is 9.47. The van der Waals surface area contributed by atoms with Crippen LogP contribution in [0.5, 0.6) is 5.75 Å².